The van der Waals surface area contributed by atoms with Crippen molar-refractivity contribution in [2.75, 3.05) is 5.32 Å². The van der Waals surface area contributed by atoms with Gasteiger partial charge < -0.3 is 5.32 Å². The number of halogens is 1. The molecule has 0 fully saturated rings. The minimum absolute atomic E-state index is 0.111. The first-order valence-corrected chi connectivity index (χ1v) is 4.29. The number of nitrogens with one attached hydrogen (secondary N) is 1. The van der Waals surface area contributed by atoms with Gasteiger partial charge in [0, 0.05) is 17.1 Å². The number of aromatic nitrogens is 1. The number of hydrogen-bond acceptors (Lipinski definition) is 2. The molecule has 1 N–H and O–H groups in total. The van der Waals surface area contributed by atoms with Gasteiger partial charge in [0.2, 0.25) is 5.91 Å². The van der Waals surface area contributed by atoms with Crippen LogP contribution in [-0.2, 0) is 4.79 Å². The quantitative estimate of drug-likeness (QED) is 0.801. The van der Waals surface area contributed by atoms with Crippen molar-refractivity contribution in [3.63, 3.8) is 0 Å². The van der Waals surface area contributed by atoms with Crippen molar-refractivity contribution in [2.45, 2.75) is 13.8 Å². The molecule has 0 aliphatic heterocycles. The zero-order valence-electron chi connectivity index (χ0n) is 6.89. The molecule has 64 valence electrons. The molecule has 4 heteroatoms. The first-order valence-electron chi connectivity index (χ1n) is 3.50. The number of amides is 1. The molecule has 1 amide bonds. The fourth-order valence-electron chi connectivity index (χ4n) is 0.871. The van der Waals surface area contributed by atoms with E-state index >= 15 is 0 Å². The van der Waals surface area contributed by atoms with Gasteiger partial charge in [-0.3, -0.25) is 4.79 Å². The Morgan fingerprint density at radius 2 is 2.25 bits per heavy atom. The molecule has 1 rings (SSSR count). The minimum atomic E-state index is -0.111. The fraction of sp³-hybridized carbons (Fsp3) is 0.250. The van der Waals surface area contributed by atoms with Crippen molar-refractivity contribution in [2.24, 2.45) is 0 Å². The Bertz CT molecular complexity index is 292. The maximum Gasteiger partial charge on any atom is 0.222 e. The third-order valence-electron chi connectivity index (χ3n) is 1.22. The van der Waals surface area contributed by atoms with Crippen molar-refractivity contribution < 1.29 is 4.79 Å². The van der Waals surface area contributed by atoms with Gasteiger partial charge in [-0.05, 0) is 19.1 Å². The van der Waals surface area contributed by atoms with Gasteiger partial charge in [0.1, 0.15) is 5.82 Å². The molecule has 1 heterocycles. The van der Waals surface area contributed by atoms with E-state index in [2.05, 4.69) is 26.2 Å². The number of pyridine rings is 1. The van der Waals surface area contributed by atoms with Crippen molar-refractivity contribution >= 4 is 27.7 Å². The normalized spacial score (nSPS) is 9.58. The summed E-state index contributed by atoms with van der Waals surface area (Å²) < 4.78 is 0.916. The summed E-state index contributed by atoms with van der Waals surface area (Å²) in [5.74, 6) is 0.467. The van der Waals surface area contributed by atoms with E-state index in [1.165, 1.54) is 6.92 Å². The van der Waals surface area contributed by atoms with Gasteiger partial charge in [0.05, 0.1) is 0 Å². The second-order valence-corrected chi connectivity index (χ2v) is 3.41. The number of rotatable bonds is 1. The summed E-state index contributed by atoms with van der Waals surface area (Å²) in [5, 5.41) is 2.61. The van der Waals surface area contributed by atoms with Crippen LogP contribution < -0.4 is 5.32 Å². The van der Waals surface area contributed by atoms with E-state index in [-0.39, 0.29) is 5.91 Å². The first kappa shape index (κ1) is 9.19. The van der Waals surface area contributed by atoms with Gasteiger partial charge >= 0.3 is 0 Å². The Balaban J connectivity index is 2.93. The second-order valence-electron chi connectivity index (χ2n) is 2.49. The zero-order chi connectivity index (χ0) is 9.14. The summed E-state index contributed by atoms with van der Waals surface area (Å²) in [4.78, 5) is 14.8. The van der Waals surface area contributed by atoms with Gasteiger partial charge in [-0.15, -0.1) is 0 Å². The maximum absolute atomic E-state index is 10.7. The van der Waals surface area contributed by atoms with E-state index in [9.17, 15) is 4.79 Å². The predicted molar refractivity (Wildman–Crippen MR) is 51.0 cm³/mol. The SMILES string of the molecule is CC(=O)Nc1cc(Br)cc(C)n1. The third-order valence-corrected chi connectivity index (χ3v) is 1.68. The summed E-state index contributed by atoms with van der Waals surface area (Å²) in [6.45, 7) is 3.33. The van der Waals surface area contributed by atoms with Crippen LogP contribution in [0.25, 0.3) is 0 Å². The molecule has 3 nitrogen and oxygen atoms in total. The molecular weight excluding hydrogens is 220 g/mol. The average Bonchev–Trinajstić information content (AvgIpc) is 1.81. The Hall–Kier alpha value is -0.900. The maximum atomic E-state index is 10.7. The van der Waals surface area contributed by atoms with E-state index in [4.69, 9.17) is 0 Å². The molecule has 0 saturated heterocycles. The van der Waals surface area contributed by atoms with Crippen molar-refractivity contribution in [1.82, 2.24) is 4.98 Å². The highest BCUT2D eigenvalue weighted by atomic mass is 79.9. The van der Waals surface area contributed by atoms with Crippen LogP contribution in [0, 0.1) is 6.92 Å². The molecule has 0 saturated carbocycles. The Morgan fingerprint density at radius 1 is 1.58 bits per heavy atom. The molecule has 0 unspecified atom stereocenters. The van der Waals surface area contributed by atoms with Crippen LogP contribution in [0.1, 0.15) is 12.6 Å². The number of hydrogen-bond donors (Lipinski definition) is 1. The molecular formula is C8H9BrN2O. The monoisotopic (exact) mass is 228 g/mol. The zero-order valence-corrected chi connectivity index (χ0v) is 8.47. The Kier molecular flexibility index (Phi) is 2.81. The van der Waals surface area contributed by atoms with E-state index in [0.29, 0.717) is 5.82 Å². The van der Waals surface area contributed by atoms with Gasteiger partial charge in [0.15, 0.2) is 0 Å². The van der Waals surface area contributed by atoms with Crippen molar-refractivity contribution in [3.8, 4) is 0 Å². The molecule has 0 aromatic carbocycles. The lowest BCUT2D eigenvalue weighted by Crippen LogP contribution is -2.07. The Labute approximate surface area is 79.3 Å². The van der Waals surface area contributed by atoms with Crippen molar-refractivity contribution in [3.05, 3.63) is 22.3 Å². The average molecular weight is 229 g/mol. The van der Waals surface area contributed by atoms with E-state index in [1.54, 1.807) is 6.07 Å². The van der Waals surface area contributed by atoms with E-state index in [1.807, 2.05) is 13.0 Å². The number of aryl methyl sites for hydroxylation is 1. The first-order chi connectivity index (χ1) is 5.58. The molecule has 0 bridgehead atoms. The number of carbonyl (C=O) groups excluding carboxylic acids is 1. The summed E-state index contributed by atoms with van der Waals surface area (Å²) >= 11 is 3.31. The predicted octanol–water partition coefficient (Wildman–Crippen LogP) is 2.11. The summed E-state index contributed by atoms with van der Waals surface area (Å²) in [6, 6.07) is 3.64. The van der Waals surface area contributed by atoms with Crippen LogP contribution in [0.2, 0.25) is 0 Å². The van der Waals surface area contributed by atoms with Crippen molar-refractivity contribution in [1.29, 1.82) is 0 Å². The fourth-order valence-corrected chi connectivity index (χ4v) is 1.42. The highest BCUT2D eigenvalue weighted by Crippen LogP contribution is 2.15. The summed E-state index contributed by atoms with van der Waals surface area (Å²) in [6.07, 6.45) is 0. The van der Waals surface area contributed by atoms with Gasteiger partial charge in [-0.25, -0.2) is 4.98 Å². The molecule has 1 aromatic heterocycles. The van der Waals surface area contributed by atoms with Gasteiger partial charge in [-0.1, -0.05) is 15.9 Å². The van der Waals surface area contributed by atoms with Crippen LogP contribution in [0.15, 0.2) is 16.6 Å². The lowest BCUT2D eigenvalue weighted by atomic mass is 10.4. The van der Waals surface area contributed by atoms with Crippen LogP contribution in [0.5, 0.6) is 0 Å². The molecule has 0 radical (unpaired) electrons. The highest BCUT2D eigenvalue weighted by Gasteiger charge is 1.98. The minimum Gasteiger partial charge on any atom is -0.311 e. The smallest absolute Gasteiger partial charge is 0.222 e. The molecule has 0 atom stereocenters. The Morgan fingerprint density at radius 3 is 2.75 bits per heavy atom. The van der Waals surface area contributed by atoms with Crippen LogP contribution in [0.3, 0.4) is 0 Å². The lowest BCUT2D eigenvalue weighted by Gasteiger charge is -2.02. The summed E-state index contributed by atoms with van der Waals surface area (Å²) in [5.41, 5.74) is 0.869. The van der Waals surface area contributed by atoms with E-state index in [0.717, 1.165) is 10.2 Å². The topological polar surface area (TPSA) is 42.0 Å². The van der Waals surface area contributed by atoms with Crippen LogP contribution in [0.4, 0.5) is 5.82 Å². The standard InChI is InChI=1S/C8H9BrN2O/c1-5-3-7(9)4-8(10-5)11-6(2)12/h3-4H,1-2H3,(H,10,11,12). The van der Waals surface area contributed by atoms with Crippen LogP contribution in [-0.4, -0.2) is 10.9 Å². The molecule has 1 aromatic rings. The number of carbonyl (C=O) groups is 1. The van der Waals surface area contributed by atoms with Crippen LogP contribution >= 0.6 is 15.9 Å². The van der Waals surface area contributed by atoms with Gasteiger partial charge in [0.25, 0.3) is 0 Å². The highest BCUT2D eigenvalue weighted by molar-refractivity contribution is 9.10. The van der Waals surface area contributed by atoms with Gasteiger partial charge in [-0.2, -0.15) is 0 Å². The molecule has 0 aliphatic carbocycles. The number of anilines is 1. The summed E-state index contributed by atoms with van der Waals surface area (Å²) in [7, 11) is 0. The third kappa shape index (κ3) is 2.62. The molecule has 12 heavy (non-hydrogen) atoms. The number of nitrogens with zero attached hydrogens (tertiary/aromatic N) is 1. The lowest BCUT2D eigenvalue weighted by molar-refractivity contribution is -0.114. The largest absolute Gasteiger partial charge is 0.311 e. The van der Waals surface area contributed by atoms with E-state index < -0.39 is 0 Å². The molecule has 0 aliphatic rings. The molecule has 0 spiro atoms. The second kappa shape index (κ2) is 3.67.